The first-order valence-corrected chi connectivity index (χ1v) is 6.27. The third-order valence-corrected chi connectivity index (χ3v) is 3.00. The fourth-order valence-electron chi connectivity index (χ4n) is 1.92. The summed E-state index contributed by atoms with van der Waals surface area (Å²) in [5.41, 5.74) is 4.08. The Balaban J connectivity index is 2.05. The summed E-state index contributed by atoms with van der Waals surface area (Å²) in [6, 6.07) is 17.6. The van der Waals surface area contributed by atoms with Crippen LogP contribution in [0.2, 0.25) is 0 Å². The number of nitrogens with zero attached hydrogens (tertiary/aromatic N) is 4. The van der Waals surface area contributed by atoms with Crippen molar-refractivity contribution in [3.05, 3.63) is 59.7 Å². The Bertz CT molecular complexity index is 787. The van der Waals surface area contributed by atoms with Crippen molar-refractivity contribution in [1.82, 2.24) is 15.0 Å². The number of hydrogen-bond donors (Lipinski definition) is 0. The number of aryl methyl sites for hydroxylation is 1. The molecule has 0 N–H and O–H groups in total. The Morgan fingerprint density at radius 2 is 1.65 bits per heavy atom. The molecule has 4 nitrogen and oxygen atoms in total. The molecule has 4 heteroatoms. The molecule has 0 saturated heterocycles. The van der Waals surface area contributed by atoms with Gasteiger partial charge < -0.3 is 0 Å². The van der Waals surface area contributed by atoms with Crippen molar-refractivity contribution in [2.75, 3.05) is 0 Å². The molecule has 0 radical (unpaired) electrons. The second-order valence-electron chi connectivity index (χ2n) is 4.53. The zero-order valence-corrected chi connectivity index (χ0v) is 11.0. The van der Waals surface area contributed by atoms with Gasteiger partial charge in [0.2, 0.25) is 0 Å². The lowest BCUT2D eigenvalue weighted by Gasteiger charge is -1.98. The molecule has 0 atom stereocenters. The SMILES string of the molecule is Cc1ccc(/C=C(\C#N)n2nc3ccccc3n2)cc1. The first kappa shape index (κ1) is 12.1. The lowest BCUT2D eigenvalue weighted by atomic mass is 10.1. The minimum Gasteiger partial charge on any atom is -0.191 e. The van der Waals surface area contributed by atoms with Gasteiger partial charge in [-0.05, 0) is 30.7 Å². The molecule has 1 heterocycles. The van der Waals surface area contributed by atoms with Crippen LogP contribution in [0.4, 0.5) is 0 Å². The number of fused-ring (bicyclic) bond motifs is 1. The summed E-state index contributed by atoms with van der Waals surface area (Å²) in [6.45, 7) is 2.03. The zero-order valence-electron chi connectivity index (χ0n) is 11.0. The molecule has 2 aromatic carbocycles. The predicted octanol–water partition coefficient (Wildman–Crippen LogP) is 3.26. The second kappa shape index (κ2) is 4.98. The molecule has 0 aliphatic heterocycles. The third kappa shape index (κ3) is 2.29. The van der Waals surface area contributed by atoms with Gasteiger partial charge in [0, 0.05) is 0 Å². The molecule has 0 unspecified atom stereocenters. The molecule has 0 saturated carbocycles. The van der Waals surface area contributed by atoms with Crippen LogP contribution in [0.25, 0.3) is 22.8 Å². The average Bonchev–Trinajstić information content (AvgIpc) is 2.90. The van der Waals surface area contributed by atoms with Crippen LogP contribution in [0, 0.1) is 18.3 Å². The van der Waals surface area contributed by atoms with E-state index in [4.69, 9.17) is 0 Å². The Labute approximate surface area is 116 Å². The van der Waals surface area contributed by atoms with E-state index >= 15 is 0 Å². The largest absolute Gasteiger partial charge is 0.191 e. The van der Waals surface area contributed by atoms with Crippen molar-refractivity contribution >= 4 is 22.8 Å². The lowest BCUT2D eigenvalue weighted by Crippen LogP contribution is -1.99. The zero-order chi connectivity index (χ0) is 13.9. The van der Waals surface area contributed by atoms with E-state index in [1.807, 2.05) is 55.5 Å². The van der Waals surface area contributed by atoms with Crippen LogP contribution in [0.5, 0.6) is 0 Å². The molecule has 20 heavy (non-hydrogen) atoms. The monoisotopic (exact) mass is 260 g/mol. The van der Waals surface area contributed by atoms with E-state index in [0.29, 0.717) is 5.70 Å². The van der Waals surface area contributed by atoms with Gasteiger partial charge in [0.25, 0.3) is 0 Å². The van der Waals surface area contributed by atoms with Crippen LogP contribution in [0.15, 0.2) is 48.5 Å². The molecular weight excluding hydrogens is 248 g/mol. The summed E-state index contributed by atoms with van der Waals surface area (Å²) in [4.78, 5) is 1.38. The van der Waals surface area contributed by atoms with Crippen LogP contribution >= 0.6 is 0 Å². The molecule has 3 rings (SSSR count). The van der Waals surface area contributed by atoms with E-state index < -0.39 is 0 Å². The fraction of sp³-hybridized carbons (Fsp3) is 0.0625. The van der Waals surface area contributed by atoms with E-state index in [9.17, 15) is 5.26 Å². The molecule has 96 valence electrons. The van der Waals surface area contributed by atoms with Gasteiger partial charge in [-0.15, -0.1) is 15.0 Å². The maximum absolute atomic E-state index is 9.30. The Hall–Kier alpha value is -2.93. The molecule has 3 aromatic rings. The normalized spacial score (nSPS) is 11.5. The number of allylic oxidation sites excluding steroid dienone is 1. The summed E-state index contributed by atoms with van der Waals surface area (Å²) >= 11 is 0. The van der Waals surface area contributed by atoms with Crippen LogP contribution < -0.4 is 0 Å². The van der Waals surface area contributed by atoms with Crippen LogP contribution in [0.3, 0.4) is 0 Å². The van der Waals surface area contributed by atoms with Gasteiger partial charge in [-0.25, -0.2) is 0 Å². The molecule has 0 amide bonds. The second-order valence-corrected chi connectivity index (χ2v) is 4.53. The topological polar surface area (TPSA) is 54.5 Å². The molecule has 0 aliphatic carbocycles. The maximum Gasteiger partial charge on any atom is 0.163 e. The van der Waals surface area contributed by atoms with Crippen LogP contribution in [-0.4, -0.2) is 15.0 Å². The average molecular weight is 260 g/mol. The van der Waals surface area contributed by atoms with Gasteiger partial charge >= 0.3 is 0 Å². The van der Waals surface area contributed by atoms with E-state index in [2.05, 4.69) is 16.3 Å². The highest BCUT2D eigenvalue weighted by molar-refractivity contribution is 5.80. The highest BCUT2D eigenvalue weighted by Crippen LogP contribution is 2.14. The van der Waals surface area contributed by atoms with Gasteiger partial charge in [-0.1, -0.05) is 42.0 Å². The van der Waals surface area contributed by atoms with E-state index in [0.717, 1.165) is 16.6 Å². The van der Waals surface area contributed by atoms with Crippen molar-refractivity contribution in [2.45, 2.75) is 6.92 Å². The summed E-state index contributed by atoms with van der Waals surface area (Å²) in [7, 11) is 0. The molecule has 0 fully saturated rings. The van der Waals surface area contributed by atoms with Crippen molar-refractivity contribution in [3.8, 4) is 6.07 Å². The standard InChI is InChI=1S/C16H12N4/c1-12-6-8-13(9-7-12)10-14(11-17)20-18-15-4-2-3-5-16(15)19-20/h2-10H,1H3/b14-10+. The van der Waals surface area contributed by atoms with Crippen molar-refractivity contribution in [2.24, 2.45) is 0 Å². The van der Waals surface area contributed by atoms with Gasteiger partial charge in [0.05, 0.1) is 0 Å². The van der Waals surface area contributed by atoms with Gasteiger partial charge in [-0.2, -0.15) is 5.26 Å². The highest BCUT2D eigenvalue weighted by atomic mass is 15.5. The van der Waals surface area contributed by atoms with Gasteiger partial charge in [0.15, 0.2) is 5.70 Å². The number of hydrogen-bond acceptors (Lipinski definition) is 3. The summed E-state index contributed by atoms with van der Waals surface area (Å²) in [6.07, 6.45) is 1.78. The number of rotatable bonds is 2. The smallest absolute Gasteiger partial charge is 0.163 e. The summed E-state index contributed by atoms with van der Waals surface area (Å²) in [5.74, 6) is 0. The summed E-state index contributed by atoms with van der Waals surface area (Å²) in [5, 5.41) is 17.9. The fourth-order valence-corrected chi connectivity index (χ4v) is 1.92. The van der Waals surface area contributed by atoms with Crippen molar-refractivity contribution in [1.29, 1.82) is 5.26 Å². The van der Waals surface area contributed by atoms with Gasteiger partial charge in [-0.3, -0.25) is 0 Å². The molecule has 0 bridgehead atoms. The molecule has 0 aliphatic rings. The van der Waals surface area contributed by atoms with Crippen molar-refractivity contribution in [3.63, 3.8) is 0 Å². The first-order chi connectivity index (χ1) is 9.76. The Morgan fingerprint density at radius 1 is 1.05 bits per heavy atom. The Kier molecular flexibility index (Phi) is 3.02. The third-order valence-electron chi connectivity index (χ3n) is 3.00. The quantitative estimate of drug-likeness (QED) is 0.664. The van der Waals surface area contributed by atoms with Crippen molar-refractivity contribution < 1.29 is 0 Å². The van der Waals surface area contributed by atoms with E-state index in [-0.39, 0.29) is 0 Å². The Morgan fingerprint density at radius 3 is 2.20 bits per heavy atom. The van der Waals surface area contributed by atoms with Gasteiger partial charge in [0.1, 0.15) is 17.1 Å². The van der Waals surface area contributed by atoms with Crippen LogP contribution in [-0.2, 0) is 0 Å². The number of nitriles is 1. The molecule has 1 aromatic heterocycles. The molecular formula is C16H12N4. The maximum atomic E-state index is 9.30. The van der Waals surface area contributed by atoms with E-state index in [1.165, 1.54) is 10.4 Å². The first-order valence-electron chi connectivity index (χ1n) is 6.27. The van der Waals surface area contributed by atoms with E-state index in [1.54, 1.807) is 6.08 Å². The summed E-state index contributed by atoms with van der Waals surface area (Å²) < 4.78 is 0. The molecule has 0 spiro atoms. The minimum absolute atomic E-state index is 0.394. The van der Waals surface area contributed by atoms with Crippen LogP contribution in [0.1, 0.15) is 11.1 Å². The highest BCUT2D eigenvalue weighted by Gasteiger charge is 2.06. The number of aromatic nitrogens is 3. The minimum atomic E-state index is 0.394. The predicted molar refractivity (Wildman–Crippen MR) is 78.5 cm³/mol. The lowest BCUT2D eigenvalue weighted by molar-refractivity contribution is 0.796. The number of benzene rings is 2.